The molecule has 3 aromatic rings. The average Bonchev–Trinajstić information content (AvgIpc) is 3.24. The van der Waals surface area contributed by atoms with Crippen LogP contribution in [0.3, 0.4) is 0 Å². The fraction of sp³-hybridized carbons (Fsp3) is 0. The summed E-state index contributed by atoms with van der Waals surface area (Å²) < 4.78 is 0. The molecule has 3 rings (SSSR count). The lowest BCUT2D eigenvalue weighted by molar-refractivity contribution is 0.869. The number of rotatable bonds is 7. The zero-order valence-corrected chi connectivity index (χ0v) is 12.1. The van der Waals surface area contributed by atoms with Crippen LogP contribution in [0.1, 0.15) is 0 Å². The molecule has 3 aromatic heterocycles. The van der Waals surface area contributed by atoms with Gasteiger partial charge < -0.3 is 5.73 Å². The third kappa shape index (κ3) is 4.02. The number of hydrogen-bond acceptors (Lipinski definition) is 14. The van der Waals surface area contributed by atoms with E-state index in [1.165, 1.54) is 0 Å². The van der Waals surface area contributed by atoms with Crippen molar-refractivity contribution in [3.63, 3.8) is 0 Å². The van der Waals surface area contributed by atoms with E-state index in [4.69, 9.17) is 16.7 Å². The lowest BCUT2D eigenvalue weighted by Gasteiger charge is -2.01. The van der Waals surface area contributed by atoms with Crippen LogP contribution >= 0.6 is 0 Å². The third-order valence-electron chi connectivity index (χ3n) is 2.31. The molecule has 0 aliphatic heterocycles. The van der Waals surface area contributed by atoms with E-state index in [1.54, 1.807) is 0 Å². The quantitative estimate of drug-likeness (QED) is 0.102. The highest BCUT2D eigenvalue weighted by Gasteiger charge is 2.08. The van der Waals surface area contributed by atoms with Gasteiger partial charge in [-0.2, -0.15) is 9.97 Å². The van der Waals surface area contributed by atoms with Gasteiger partial charge in [-0.3, -0.25) is 26.9 Å². The van der Waals surface area contributed by atoms with E-state index in [-0.39, 0.29) is 41.6 Å². The van der Waals surface area contributed by atoms with E-state index >= 15 is 0 Å². The number of H-pyrrole nitrogens is 2. The highest BCUT2D eigenvalue weighted by Crippen LogP contribution is 2.11. The Bertz CT molecular complexity index is 858. The van der Waals surface area contributed by atoms with Crippen molar-refractivity contribution in [2.75, 3.05) is 16.1 Å². The van der Waals surface area contributed by atoms with Crippen molar-refractivity contribution in [3.05, 3.63) is 0 Å². The number of nitrogens with one attached hydrogen (secondary N) is 8. The van der Waals surface area contributed by atoms with Gasteiger partial charge in [0, 0.05) is 0 Å². The minimum atomic E-state index is -0.297. The van der Waals surface area contributed by atoms with E-state index in [0.29, 0.717) is 0 Å². The van der Waals surface area contributed by atoms with Gasteiger partial charge in [0.25, 0.3) is 23.8 Å². The number of anilines is 5. The van der Waals surface area contributed by atoms with Crippen LogP contribution in [0.25, 0.3) is 0 Å². The van der Waals surface area contributed by atoms with Crippen molar-refractivity contribution >= 4 is 41.6 Å². The summed E-state index contributed by atoms with van der Waals surface area (Å²) in [6.45, 7) is 0. The Morgan fingerprint density at radius 3 is 2.08 bits per heavy atom. The molecule has 0 saturated heterocycles. The standard InChI is InChI=1S/C7H10N18/c8-1(9)16-20-5-13-3(18-21-5)14-7-24-22-6(23-25-7)12-2-11-4(15-10)19-17-2/h10H,(H4,8,9,16)(H2,11,12,17,19,22,23)(H3,13,14,18,20,21,24,25). The maximum atomic E-state index is 7.00. The van der Waals surface area contributed by atoms with Crippen molar-refractivity contribution in [2.45, 2.75) is 0 Å². The zero-order chi connectivity index (χ0) is 17.6. The van der Waals surface area contributed by atoms with Gasteiger partial charge >= 0.3 is 0 Å². The van der Waals surface area contributed by atoms with Crippen LogP contribution in [0.4, 0.5) is 35.7 Å². The highest BCUT2D eigenvalue weighted by molar-refractivity contribution is 5.75. The van der Waals surface area contributed by atoms with Crippen molar-refractivity contribution < 1.29 is 0 Å². The molecule has 0 aromatic carbocycles. The minimum Gasteiger partial charge on any atom is -0.369 e. The molecule has 0 radical (unpaired) electrons. The Morgan fingerprint density at radius 2 is 1.52 bits per heavy atom. The molecule has 0 saturated carbocycles. The maximum absolute atomic E-state index is 7.00. The molecule has 10 N–H and O–H groups in total. The second-order valence-corrected chi connectivity index (χ2v) is 4.06. The largest absolute Gasteiger partial charge is 0.369 e. The number of guanidine groups is 1. The number of aromatic nitrogens is 10. The summed E-state index contributed by atoms with van der Waals surface area (Å²) >= 11 is 0. The summed E-state index contributed by atoms with van der Waals surface area (Å²) in [7, 11) is 0. The van der Waals surface area contributed by atoms with Gasteiger partial charge in [0.1, 0.15) is 0 Å². The first-order valence-electron chi connectivity index (χ1n) is 6.32. The Labute approximate surface area is 136 Å². The van der Waals surface area contributed by atoms with Gasteiger partial charge in [-0.15, -0.1) is 35.7 Å². The summed E-state index contributed by atoms with van der Waals surface area (Å²) in [5.74, 6) is 0.271. The molecular formula is C7H10N18. The molecule has 128 valence electrons. The predicted molar refractivity (Wildman–Crippen MR) is 80.4 cm³/mol. The second kappa shape index (κ2) is 6.72. The summed E-state index contributed by atoms with van der Waals surface area (Å²) in [4.78, 5) is 7.78. The monoisotopic (exact) mass is 346 g/mol. The van der Waals surface area contributed by atoms with Gasteiger partial charge in [0.2, 0.25) is 17.9 Å². The van der Waals surface area contributed by atoms with Gasteiger partial charge in [-0.25, -0.2) is 15.7 Å². The van der Waals surface area contributed by atoms with E-state index < -0.39 is 0 Å². The fourth-order valence-corrected chi connectivity index (χ4v) is 1.40. The number of aromatic amines is 2. The maximum Gasteiger partial charge on any atom is 0.288 e. The summed E-state index contributed by atoms with van der Waals surface area (Å²) in [5, 5.41) is 42.9. The molecule has 0 bridgehead atoms. The molecule has 18 heteroatoms. The predicted octanol–water partition coefficient (Wildman–Crippen LogP) is -1.54. The molecular weight excluding hydrogens is 336 g/mol. The van der Waals surface area contributed by atoms with Crippen LogP contribution in [-0.4, -0.2) is 56.7 Å². The van der Waals surface area contributed by atoms with E-state index in [0.717, 1.165) is 0 Å². The molecule has 0 unspecified atom stereocenters. The highest BCUT2D eigenvalue weighted by atomic mass is 15.5. The fourth-order valence-electron chi connectivity index (χ4n) is 1.40. The first-order chi connectivity index (χ1) is 12.1. The lowest BCUT2D eigenvalue weighted by Crippen LogP contribution is -2.35. The van der Waals surface area contributed by atoms with Crippen LogP contribution < -0.4 is 27.2 Å². The number of hydrazine groups is 1. The average molecular weight is 346 g/mol. The Hall–Kier alpha value is -4.51. The van der Waals surface area contributed by atoms with E-state index in [9.17, 15) is 0 Å². The Morgan fingerprint density at radius 1 is 0.920 bits per heavy atom. The normalized spacial score (nSPS) is 10.1. The molecule has 0 atom stereocenters. The van der Waals surface area contributed by atoms with Crippen LogP contribution in [0, 0.1) is 10.9 Å². The van der Waals surface area contributed by atoms with Gasteiger partial charge in [-0.05, 0) is 0 Å². The zero-order valence-electron chi connectivity index (χ0n) is 12.1. The van der Waals surface area contributed by atoms with Gasteiger partial charge in [0.15, 0.2) is 0 Å². The van der Waals surface area contributed by atoms with Crippen molar-refractivity contribution in [1.82, 2.24) is 56.2 Å². The molecule has 0 fully saturated rings. The Balaban J connectivity index is 1.58. The molecule has 0 aliphatic rings. The van der Waals surface area contributed by atoms with Crippen LogP contribution in [0.2, 0.25) is 0 Å². The molecule has 3 heterocycles. The first kappa shape index (κ1) is 15.4. The Kier molecular flexibility index (Phi) is 4.14. The molecule has 0 amide bonds. The molecule has 0 aliphatic carbocycles. The van der Waals surface area contributed by atoms with Gasteiger partial charge in [-0.1, -0.05) is 0 Å². The second-order valence-electron chi connectivity index (χ2n) is 4.06. The van der Waals surface area contributed by atoms with Crippen LogP contribution in [-0.2, 0) is 0 Å². The number of nitrogens with two attached hydrogens (primary N) is 1. The number of nitrogens with zero attached hydrogens (tertiary/aromatic N) is 9. The summed E-state index contributed by atoms with van der Waals surface area (Å²) in [6.07, 6.45) is 0. The SMILES string of the molecule is N=Nc1n[nH]c(Nc2nnc(Nc3nc(NNC(=N)N)n[nH]3)nn2)n1. The molecule has 18 nitrogen and oxygen atoms in total. The topological polar surface area (TPSA) is 269 Å². The lowest BCUT2D eigenvalue weighted by atomic mass is 10.8. The summed E-state index contributed by atoms with van der Waals surface area (Å²) in [6, 6.07) is 0. The van der Waals surface area contributed by atoms with Gasteiger partial charge in [0.05, 0.1) is 0 Å². The van der Waals surface area contributed by atoms with Crippen LogP contribution in [0.5, 0.6) is 0 Å². The van der Waals surface area contributed by atoms with Crippen molar-refractivity contribution in [1.29, 1.82) is 10.9 Å². The minimum absolute atomic E-state index is 0.0452. The van der Waals surface area contributed by atoms with E-state index in [1.807, 2.05) is 0 Å². The van der Waals surface area contributed by atoms with E-state index in [2.05, 4.69) is 77.4 Å². The smallest absolute Gasteiger partial charge is 0.288 e. The van der Waals surface area contributed by atoms with Crippen molar-refractivity contribution in [3.8, 4) is 0 Å². The first-order valence-corrected chi connectivity index (χ1v) is 6.32. The summed E-state index contributed by atoms with van der Waals surface area (Å²) in [5.41, 5.74) is 16.7. The number of hydrogen-bond donors (Lipinski definition) is 9. The molecule has 0 spiro atoms. The third-order valence-corrected chi connectivity index (χ3v) is 2.31. The molecule has 25 heavy (non-hydrogen) atoms. The van der Waals surface area contributed by atoms with Crippen LogP contribution in [0.15, 0.2) is 5.11 Å². The van der Waals surface area contributed by atoms with Crippen molar-refractivity contribution in [2.24, 2.45) is 10.8 Å².